The lowest BCUT2D eigenvalue weighted by atomic mass is 9.86. The van der Waals surface area contributed by atoms with Crippen LogP contribution in [0.2, 0.25) is 0 Å². The molecule has 0 spiro atoms. The summed E-state index contributed by atoms with van der Waals surface area (Å²) in [5.41, 5.74) is 0. The first-order valence-corrected chi connectivity index (χ1v) is 6.94. The molecule has 1 saturated carbocycles. The Balaban J connectivity index is 1.62. The molecule has 1 aliphatic heterocycles. The largest absolute Gasteiger partial charge is 0.481 e. The van der Waals surface area contributed by atoms with Crippen LogP contribution in [0.25, 0.3) is 0 Å². The first-order chi connectivity index (χ1) is 8.25. The second-order valence-corrected chi connectivity index (χ2v) is 5.40. The number of nitrogens with zero attached hydrogens (tertiary/aromatic N) is 1. The Morgan fingerprint density at radius 2 is 2.00 bits per heavy atom. The summed E-state index contributed by atoms with van der Waals surface area (Å²) in [4.78, 5) is 13.4. The van der Waals surface area contributed by atoms with Crippen LogP contribution < -0.4 is 5.32 Å². The molecule has 0 aromatic heterocycles. The van der Waals surface area contributed by atoms with Crippen molar-refractivity contribution < 1.29 is 9.90 Å². The average molecular weight is 240 g/mol. The van der Waals surface area contributed by atoms with Crippen molar-refractivity contribution in [2.24, 2.45) is 5.92 Å². The zero-order valence-electron chi connectivity index (χ0n) is 10.5. The normalized spacial score (nSPS) is 30.6. The van der Waals surface area contributed by atoms with Crippen molar-refractivity contribution in [1.82, 2.24) is 10.2 Å². The third-order valence-electron chi connectivity index (χ3n) is 4.08. The van der Waals surface area contributed by atoms with E-state index in [4.69, 9.17) is 5.11 Å². The van der Waals surface area contributed by atoms with Gasteiger partial charge in [0.2, 0.25) is 0 Å². The van der Waals surface area contributed by atoms with Gasteiger partial charge in [-0.25, -0.2) is 0 Å². The number of hydrogen-bond acceptors (Lipinski definition) is 3. The Bertz CT molecular complexity index is 252. The first kappa shape index (κ1) is 12.8. The number of aliphatic carboxylic acids is 1. The molecule has 2 atom stereocenters. The molecule has 1 heterocycles. The number of carboxylic acids is 1. The van der Waals surface area contributed by atoms with Gasteiger partial charge in [0.05, 0.1) is 5.92 Å². The molecule has 0 amide bonds. The standard InChI is InChI=1S/C13H24N2O2/c16-13(17)11-4-3-5-12(10-11)14-6-9-15-7-1-2-8-15/h11-12,14H,1-10H2,(H,16,17). The van der Waals surface area contributed by atoms with Crippen molar-refractivity contribution >= 4 is 5.97 Å². The highest BCUT2D eigenvalue weighted by Gasteiger charge is 2.26. The summed E-state index contributed by atoms with van der Waals surface area (Å²) < 4.78 is 0. The minimum absolute atomic E-state index is 0.118. The number of carboxylic acid groups (broad SMARTS) is 1. The van der Waals surface area contributed by atoms with Crippen LogP contribution in [-0.2, 0) is 4.79 Å². The summed E-state index contributed by atoms with van der Waals surface area (Å²) in [6.45, 7) is 4.61. The maximum Gasteiger partial charge on any atom is 0.306 e. The van der Waals surface area contributed by atoms with Crippen LogP contribution in [0.15, 0.2) is 0 Å². The fourth-order valence-corrected chi connectivity index (χ4v) is 3.03. The van der Waals surface area contributed by atoms with Crippen molar-refractivity contribution in [1.29, 1.82) is 0 Å². The summed E-state index contributed by atoms with van der Waals surface area (Å²) in [6.07, 6.45) is 6.55. The van der Waals surface area contributed by atoms with Gasteiger partial charge in [-0.1, -0.05) is 6.42 Å². The molecule has 2 fully saturated rings. The van der Waals surface area contributed by atoms with Crippen LogP contribution in [0, 0.1) is 5.92 Å². The van der Waals surface area contributed by atoms with E-state index in [0.29, 0.717) is 6.04 Å². The van der Waals surface area contributed by atoms with Gasteiger partial charge in [0.25, 0.3) is 0 Å². The van der Waals surface area contributed by atoms with E-state index in [1.807, 2.05) is 0 Å². The van der Waals surface area contributed by atoms with E-state index in [1.165, 1.54) is 25.9 Å². The number of likely N-dealkylation sites (tertiary alicyclic amines) is 1. The van der Waals surface area contributed by atoms with Crippen LogP contribution in [0.5, 0.6) is 0 Å². The fourth-order valence-electron chi connectivity index (χ4n) is 3.03. The summed E-state index contributed by atoms with van der Waals surface area (Å²) in [7, 11) is 0. The number of hydrogen-bond donors (Lipinski definition) is 2. The topological polar surface area (TPSA) is 52.6 Å². The molecule has 0 aromatic rings. The summed E-state index contributed by atoms with van der Waals surface area (Å²) in [5.74, 6) is -0.732. The summed E-state index contributed by atoms with van der Waals surface area (Å²) >= 11 is 0. The van der Waals surface area contributed by atoms with Gasteiger partial charge in [-0.3, -0.25) is 4.79 Å². The van der Waals surface area contributed by atoms with Gasteiger partial charge in [0.15, 0.2) is 0 Å². The van der Waals surface area contributed by atoms with E-state index in [2.05, 4.69) is 10.2 Å². The van der Waals surface area contributed by atoms with Gasteiger partial charge in [-0.2, -0.15) is 0 Å². The molecule has 4 heteroatoms. The van der Waals surface area contributed by atoms with E-state index >= 15 is 0 Å². The van der Waals surface area contributed by atoms with Crippen LogP contribution in [-0.4, -0.2) is 48.2 Å². The lowest BCUT2D eigenvalue weighted by Gasteiger charge is -2.28. The molecule has 2 aliphatic rings. The SMILES string of the molecule is O=C(O)C1CCCC(NCCN2CCCC2)C1. The van der Waals surface area contributed by atoms with Gasteiger partial charge in [-0.15, -0.1) is 0 Å². The Morgan fingerprint density at radius 3 is 2.71 bits per heavy atom. The molecule has 4 nitrogen and oxygen atoms in total. The van der Waals surface area contributed by atoms with Crippen molar-refractivity contribution in [2.75, 3.05) is 26.2 Å². The number of nitrogens with one attached hydrogen (secondary N) is 1. The van der Waals surface area contributed by atoms with Gasteiger partial charge < -0.3 is 15.3 Å². The Morgan fingerprint density at radius 1 is 1.24 bits per heavy atom. The van der Waals surface area contributed by atoms with E-state index < -0.39 is 5.97 Å². The molecule has 1 aliphatic carbocycles. The highest BCUT2D eigenvalue weighted by Crippen LogP contribution is 2.24. The molecule has 2 rings (SSSR count). The van der Waals surface area contributed by atoms with Crippen LogP contribution >= 0.6 is 0 Å². The van der Waals surface area contributed by atoms with E-state index in [9.17, 15) is 4.79 Å². The van der Waals surface area contributed by atoms with Crippen LogP contribution in [0.3, 0.4) is 0 Å². The molecule has 0 radical (unpaired) electrons. The van der Waals surface area contributed by atoms with E-state index in [1.54, 1.807) is 0 Å². The monoisotopic (exact) mass is 240 g/mol. The highest BCUT2D eigenvalue weighted by molar-refractivity contribution is 5.70. The minimum atomic E-state index is -0.615. The molecule has 1 saturated heterocycles. The molecule has 2 unspecified atom stereocenters. The third-order valence-corrected chi connectivity index (χ3v) is 4.08. The van der Waals surface area contributed by atoms with Crippen molar-refractivity contribution in [3.8, 4) is 0 Å². The molecule has 0 bridgehead atoms. The quantitative estimate of drug-likeness (QED) is 0.761. The van der Waals surface area contributed by atoms with Gasteiger partial charge >= 0.3 is 5.97 Å². The number of carbonyl (C=O) groups is 1. The summed E-state index contributed by atoms with van der Waals surface area (Å²) in [5, 5.41) is 12.5. The Hall–Kier alpha value is -0.610. The highest BCUT2D eigenvalue weighted by atomic mass is 16.4. The van der Waals surface area contributed by atoms with E-state index in [-0.39, 0.29) is 5.92 Å². The second kappa shape index (κ2) is 6.36. The second-order valence-electron chi connectivity index (χ2n) is 5.40. The predicted molar refractivity (Wildman–Crippen MR) is 67.1 cm³/mol. The lowest BCUT2D eigenvalue weighted by molar-refractivity contribution is -0.143. The van der Waals surface area contributed by atoms with Gasteiger partial charge in [0.1, 0.15) is 0 Å². The maximum atomic E-state index is 10.9. The number of rotatable bonds is 5. The van der Waals surface area contributed by atoms with Gasteiger partial charge in [0, 0.05) is 19.1 Å². The maximum absolute atomic E-state index is 10.9. The zero-order chi connectivity index (χ0) is 12.1. The smallest absolute Gasteiger partial charge is 0.306 e. The Kier molecular flexibility index (Phi) is 4.80. The Labute approximate surface area is 103 Å². The zero-order valence-corrected chi connectivity index (χ0v) is 10.5. The van der Waals surface area contributed by atoms with Crippen molar-refractivity contribution in [3.05, 3.63) is 0 Å². The molecule has 98 valence electrons. The molecule has 17 heavy (non-hydrogen) atoms. The summed E-state index contributed by atoms with van der Waals surface area (Å²) in [6, 6.07) is 0.424. The molecule has 2 N–H and O–H groups in total. The lowest BCUT2D eigenvalue weighted by Crippen LogP contribution is -2.40. The van der Waals surface area contributed by atoms with Crippen LogP contribution in [0.1, 0.15) is 38.5 Å². The average Bonchev–Trinajstić information content (AvgIpc) is 2.82. The third kappa shape index (κ3) is 3.96. The first-order valence-electron chi connectivity index (χ1n) is 6.94. The van der Waals surface area contributed by atoms with Crippen LogP contribution in [0.4, 0.5) is 0 Å². The van der Waals surface area contributed by atoms with E-state index in [0.717, 1.165) is 38.8 Å². The predicted octanol–water partition coefficient (Wildman–Crippen LogP) is 1.32. The minimum Gasteiger partial charge on any atom is -0.481 e. The molecular formula is C13H24N2O2. The fraction of sp³-hybridized carbons (Fsp3) is 0.923. The van der Waals surface area contributed by atoms with Gasteiger partial charge in [-0.05, 0) is 45.2 Å². The van der Waals surface area contributed by atoms with Crippen molar-refractivity contribution in [3.63, 3.8) is 0 Å². The van der Waals surface area contributed by atoms with Crippen molar-refractivity contribution in [2.45, 2.75) is 44.6 Å². The molecular weight excluding hydrogens is 216 g/mol. The molecule has 0 aromatic carbocycles.